The highest BCUT2D eigenvalue weighted by Crippen LogP contribution is 2.29. The molecule has 0 radical (unpaired) electrons. The number of piperazine rings is 1. The fraction of sp³-hybridized carbons (Fsp3) is 0.667. The molecule has 3 fully saturated rings. The molecule has 1 aromatic heterocycles. The average molecular weight is 442 g/mol. The maximum absolute atomic E-state index is 12.9. The fourth-order valence-electron chi connectivity index (χ4n) is 5.04. The second kappa shape index (κ2) is 9.98. The number of likely N-dealkylation sites (N-methyl/N-ethyl adjacent to an activating group) is 1. The van der Waals surface area contributed by atoms with E-state index in [9.17, 15) is 14.4 Å². The first-order chi connectivity index (χ1) is 15.5. The molecule has 0 unspecified atom stereocenters. The van der Waals surface area contributed by atoms with Crippen molar-refractivity contribution < 1.29 is 14.4 Å². The van der Waals surface area contributed by atoms with Crippen molar-refractivity contribution in [3.05, 3.63) is 29.6 Å². The topological polar surface area (TPSA) is 77.1 Å². The number of carbonyl (C=O) groups is 3. The Morgan fingerprint density at radius 3 is 2.38 bits per heavy atom. The summed E-state index contributed by atoms with van der Waals surface area (Å²) in [4.78, 5) is 50.2. The van der Waals surface area contributed by atoms with Crippen molar-refractivity contribution in [2.75, 3.05) is 59.4 Å². The molecule has 0 bridgehead atoms. The molecule has 1 atom stereocenters. The van der Waals surface area contributed by atoms with Gasteiger partial charge in [0.05, 0.1) is 11.5 Å². The van der Waals surface area contributed by atoms with Gasteiger partial charge in [0.2, 0.25) is 11.8 Å². The third-order valence-corrected chi connectivity index (χ3v) is 7.11. The molecule has 3 amide bonds. The normalized spacial score (nSPS) is 23.1. The number of carbonyl (C=O) groups excluding carboxylic acids is 3. The first kappa shape index (κ1) is 22.7. The molecule has 3 aliphatic heterocycles. The highest BCUT2D eigenvalue weighted by Gasteiger charge is 2.37. The van der Waals surface area contributed by atoms with Crippen molar-refractivity contribution in [1.29, 1.82) is 0 Å². The predicted molar refractivity (Wildman–Crippen MR) is 121 cm³/mol. The van der Waals surface area contributed by atoms with Crippen LogP contribution in [-0.4, -0.2) is 102 Å². The minimum Gasteiger partial charge on any atom is -0.342 e. The van der Waals surface area contributed by atoms with Gasteiger partial charge in [-0.05, 0) is 38.4 Å². The Morgan fingerprint density at radius 2 is 1.75 bits per heavy atom. The van der Waals surface area contributed by atoms with E-state index in [-0.39, 0.29) is 23.6 Å². The van der Waals surface area contributed by atoms with E-state index in [1.54, 1.807) is 6.20 Å². The third-order valence-electron chi connectivity index (χ3n) is 7.11. The minimum absolute atomic E-state index is 0.0563. The van der Waals surface area contributed by atoms with Crippen molar-refractivity contribution in [3.8, 4) is 0 Å². The van der Waals surface area contributed by atoms with Crippen LogP contribution >= 0.6 is 0 Å². The second-order valence-corrected chi connectivity index (χ2v) is 9.41. The molecule has 1 aromatic rings. The van der Waals surface area contributed by atoms with E-state index in [0.29, 0.717) is 37.5 Å². The van der Waals surface area contributed by atoms with Crippen LogP contribution in [-0.2, 0) is 9.59 Å². The summed E-state index contributed by atoms with van der Waals surface area (Å²) in [5, 5.41) is 0. The van der Waals surface area contributed by atoms with Gasteiger partial charge in [-0.3, -0.25) is 19.4 Å². The first-order valence-corrected chi connectivity index (χ1v) is 12.0. The number of rotatable bonds is 5. The van der Waals surface area contributed by atoms with E-state index in [4.69, 9.17) is 0 Å². The molecular formula is C24H35N5O3. The van der Waals surface area contributed by atoms with Crippen LogP contribution in [0.25, 0.3) is 0 Å². The van der Waals surface area contributed by atoms with Crippen molar-refractivity contribution >= 4 is 17.7 Å². The molecule has 0 spiro atoms. The van der Waals surface area contributed by atoms with Crippen LogP contribution in [0.5, 0.6) is 0 Å². The van der Waals surface area contributed by atoms with Crippen LogP contribution in [0.3, 0.4) is 0 Å². The van der Waals surface area contributed by atoms with Gasteiger partial charge in [-0.2, -0.15) is 0 Å². The SMILES string of the molecule is CCCN1C[C@@H](C(=O)N2CCC(c3ccc(C(=O)N4CCN(C)CC4)cn3)CC2)CC1=O. The van der Waals surface area contributed by atoms with Gasteiger partial charge in [0.1, 0.15) is 0 Å². The van der Waals surface area contributed by atoms with E-state index < -0.39 is 0 Å². The molecule has 0 aliphatic carbocycles. The van der Waals surface area contributed by atoms with Gasteiger partial charge in [-0.25, -0.2) is 0 Å². The minimum atomic E-state index is -0.191. The van der Waals surface area contributed by atoms with Crippen molar-refractivity contribution in [3.63, 3.8) is 0 Å². The zero-order valence-corrected chi connectivity index (χ0v) is 19.3. The van der Waals surface area contributed by atoms with Gasteiger partial charge in [0.25, 0.3) is 5.91 Å². The molecule has 3 aliphatic rings. The van der Waals surface area contributed by atoms with Crippen molar-refractivity contribution in [1.82, 2.24) is 24.6 Å². The van der Waals surface area contributed by atoms with Gasteiger partial charge in [-0.1, -0.05) is 6.92 Å². The molecule has 8 heteroatoms. The Morgan fingerprint density at radius 1 is 1.03 bits per heavy atom. The van der Waals surface area contributed by atoms with Crippen LogP contribution in [0.4, 0.5) is 0 Å². The van der Waals surface area contributed by atoms with Gasteiger partial charge in [-0.15, -0.1) is 0 Å². The number of hydrogen-bond acceptors (Lipinski definition) is 5. The van der Waals surface area contributed by atoms with Crippen LogP contribution in [0, 0.1) is 5.92 Å². The molecule has 174 valence electrons. The Hall–Kier alpha value is -2.48. The molecule has 0 N–H and O–H groups in total. The molecule has 0 saturated carbocycles. The average Bonchev–Trinajstić information content (AvgIpc) is 3.19. The summed E-state index contributed by atoms with van der Waals surface area (Å²) in [6.45, 7) is 8.08. The number of hydrogen-bond donors (Lipinski definition) is 0. The summed E-state index contributed by atoms with van der Waals surface area (Å²) in [5.41, 5.74) is 1.64. The highest BCUT2D eigenvalue weighted by molar-refractivity contribution is 5.94. The van der Waals surface area contributed by atoms with Crippen LogP contribution in [0.2, 0.25) is 0 Å². The molecule has 4 rings (SSSR count). The standard InChI is InChI=1S/C24H35N5O3/c1-3-8-29-17-20(15-22(29)30)24(32)27-9-6-18(7-10-27)21-5-4-19(16-25-21)23(31)28-13-11-26(2)12-14-28/h4-5,16,18,20H,3,6-15,17H2,1-2H3/t20-/m0/s1. The zero-order valence-electron chi connectivity index (χ0n) is 19.3. The summed E-state index contributed by atoms with van der Waals surface area (Å²) in [6.07, 6.45) is 4.71. The van der Waals surface area contributed by atoms with Crippen LogP contribution < -0.4 is 0 Å². The maximum Gasteiger partial charge on any atom is 0.255 e. The van der Waals surface area contributed by atoms with E-state index >= 15 is 0 Å². The zero-order chi connectivity index (χ0) is 22.7. The molecular weight excluding hydrogens is 406 g/mol. The summed E-state index contributed by atoms with van der Waals surface area (Å²) >= 11 is 0. The fourth-order valence-corrected chi connectivity index (χ4v) is 5.04. The molecule has 8 nitrogen and oxygen atoms in total. The van der Waals surface area contributed by atoms with Gasteiger partial charge in [0.15, 0.2) is 0 Å². The van der Waals surface area contributed by atoms with Crippen LogP contribution in [0.15, 0.2) is 18.3 Å². The summed E-state index contributed by atoms with van der Waals surface area (Å²) in [7, 11) is 2.07. The van der Waals surface area contributed by atoms with E-state index in [2.05, 4.69) is 23.9 Å². The molecule has 3 saturated heterocycles. The molecule has 0 aromatic carbocycles. The molecule has 4 heterocycles. The summed E-state index contributed by atoms with van der Waals surface area (Å²) in [6, 6.07) is 3.87. The number of likely N-dealkylation sites (tertiary alicyclic amines) is 2. The smallest absolute Gasteiger partial charge is 0.255 e. The van der Waals surface area contributed by atoms with Crippen molar-refractivity contribution in [2.45, 2.75) is 38.5 Å². The lowest BCUT2D eigenvalue weighted by molar-refractivity contribution is -0.136. The Balaban J connectivity index is 1.28. The highest BCUT2D eigenvalue weighted by atomic mass is 16.2. The number of aromatic nitrogens is 1. The molecule has 32 heavy (non-hydrogen) atoms. The monoisotopic (exact) mass is 441 g/mol. The number of nitrogens with zero attached hydrogens (tertiary/aromatic N) is 5. The lowest BCUT2D eigenvalue weighted by atomic mass is 9.92. The Kier molecular flexibility index (Phi) is 7.08. The third kappa shape index (κ3) is 4.95. The number of piperidine rings is 1. The van der Waals surface area contributed by atoms with E-state index in [1.165, 1.54) is 0 Å². The quantitative estimate of drug-likeness (QED) is 0.691. The number of amides is 3. The Bertz CT molecular complexity index is 827. The largest absolute Gasteiger partial charge is 0.342 e. The summed E-state index contributed by atoms with van der Waals surface area (Å²) in [5.74, 6) is 0.394. The van der Waals surface area contributed by atoms with Crippen molar-refractivity contribution in [2.24, 2.45) is 5.92 Å². The summed E-state index contributed by atoms with van der Waals surface area (Å²) < 4.78 is 0. The van der Waals surface area contributed by atoms with E-state index in [0.717, 1.165) is 57.7 Å². The van der Waals surface area contributed by atoms with Gasteiger partial charge < -0.3 is 19.6 Å². The van der Waals surface area contributed by atoms with Crippen LogP contribution in [0.1, 0.15) is 54.6 Å². The maximum atomic E-state index is 12.9. The lowest BCUT2D eigenvalue weighted by Crippen LogP contribution is -2.47. The first-order valence-electron chi connectivity index (χ1n) is 12.0. The lowest BCUT2D eigenvalue weighted by Gasteiger charge is -2.33. The predicted octanol–water partition coefficient (Wildman–Crippen LogP) is 1.43. The van der Waals surface area contributed by atoms with Gasteiger partial charge >= 0.3 is 0 Å². The van der Waals surface area contributed by atoms with E-state index in [1.807, 2.05) is 26.8 Å². The number of pyridine rings is 1. The van der Waals surface area contributed by atoms with Gasteiger partial charge in [0, 0.05) is 76.6 Å². The Labute approximate surface area is 190 Å². The second-order valence-electron chi connectivity index (χ2n) is 9.41.